The average Bonchev–Trinajstić information content (AvgIpc) is 3.14. The molecule has 0 radical (unpaired) electrons. The monoisotopic (exact) mass is 380 g/mol. The standard InChI is InChI=1S/C17H21ClN4O2S/c1-19-17(20-8-10-25-15-6-4-13(18)5-7-15)22-12-16(23)21-11-14-3-2-9-24-14/h2-7,9H,8,10-12H2,1H3,(H,21,23)(H2,19,20,22). The second-order valence-corrected chi connectivity index (χ2v) is 6.62. The van der Waals surface area contributed by atoms with Gasteiger partial charge in [0.05, 0.1) is 19.4 Å². The molecule has 1 heterocycles. The van der Waals surface area contributed by atoms with E-state index in [1.54, 1.807) is 31.1 Å². The van der Waals surface area contributed by atoms with Crippen LogP contribution in [0.5, 0.6) is 0 Å². The van der Waals surface area contributed by atoms with E-state index < -0.39 is 0 Å². The van der Waals surface area contributed by atoms with Crippen LogP contribution in [-0.2, 0) is 11.3 Å². The fourth-order valence-electron chi connectivity index (χ4n) is 1.92. The zero-order chi connectivity index (χ0) is 17.9. The van der Waals surface area contributed by atoms with Gasteiger partial charge in [0.2, 0.25) is 5.91 Å². The molecule has 25 heavy (non-hydrogen) atoms. The Labute approximate surface area is 156 Å². The summed E-state index contributed by atoms with van der Waals surface area (Å²) in [5.74, 6) is 2.04. The Morgan fingerprint density at radius 3 is 2.68 bits per heavy atom. The lowest BCUT2D eigenvalue weighted by atomic mass is 10.4. The number of carbonyl (C=O) groups is 1. The predicted molar refractivity (Wildman–Crippen MR) is 102 cm³/mol. The van der Waals surface area contributed by atoms with E-state index in [0.717, 1.165) is 28.0 Å². The van der Waals surface area contributed by atoms with E-state index >= 15 is 0 Å². The molecule has 1 amide bonds. The van der Waals surface area contributed by atoms with Crippen molar-refractivity contribution in [3.8, 4) is 0 Å². The number of aliphatic imine (C=N–C) groups is 1. The molecule has 0 spiro atoms. The minimum absolute atomic E-state index is 0.130. The largest absolute Gasteiger partial charge is 0.467 e. The van der Waals surface area contributed by atoms with Crippen LogP contribution in [0.2, 0.25) is 5.02 Å². The van der Waals surface area contributed by atoms with Crippen molar-refractivity contribution in [3.63, 3.8) is 0 Å². The van der Waals surface area contributed by atoms with Gasteiger partial charge in [-0.15, -0.1) is 11.8 Å². The van der Waals surface area contributed by atoms with E-state index in [9.17, 15) is 4.79 Å². The fraction of sp³-hybridized carbons (Fsp3) is 0.294. The molecule has 1 aromatic heterocycles. The molecule has 0 atom stereocenters. The van der Waals surface area contributed by atoms with Gasteiger partial charge in [0.1, 0.15) is 5.76 Å². The van der Waals surface area contributed by atoms with Crippen LogP contribution in [-0.4, -0.2) is 37.8 Å². The van der Waals surface area contributed by atoms with E-state index in [-0.39, 0.29) is 12.5 Å². The van der Waals surface area contributed by atoms with Gasteiger partial charge in [-0.05, 0) is 36.4 Å². The second kappa shape index (κ2) is 10.7. The number of carbonyl (C=O) groups excluding carboxylic acids is 1. The smallest absolute Gasteiger partial charge is 0.239 e. The fourth-order valence-corrected chi connectivity index (χ4v) is 2.81. The Morgan fingerprint density at radius 2 is 2.00 bits per heavy atom. The van der Waals surface area contributed by atoms with Crippen LogP contribution in [0.1, 0.15) is 5.76 Å². The number of hydrogen-bond acceptors (Lipinski definition) is 4. The quantitative estimate of drug-likeness (QED) is 0.284. The van der Waals surface area contributed by atoms with Gasteiger partial charge >= 0.3 is 0 Å². The Morgan fingerprint density at radius 1 is 1.20 bits per heavy atom. The Balaban J connectivity index is 1.59. The van der Waals surface area contributed by atoms with Gasteiger partial charge in [-0.3, -0.25) is 9.79 Å². The highest BCUT2D eigenvalue weighted by Crippen LogP contribution is 2.19. The third kappa shape index (κ3) is 7.53. The molecule has 2 rings (SSSR count). The zero-order valence-electron chi connectivity index (χ0n) is 13.9. The Bertz CT molecular complexity index is 674. The number of hydrogen-bond donors (Lipinski definition) is 3. The van der Waals surface area contributed by atoms with Crippen LogP contribution < -0.4 is 16.0 Å². The molecule has 0 aliphatic carbocycles. The summed E-state index contributed by atoms with van der Waals surface area (Å²) in [5.41, 5.74) is 0. The molecular weight excluding hydrogens is 360 g/mol. The van der Waals surface area contributed by atoms with Gasteiger partial charge in [-0.25, -0.2) is 0 Å². The summed E-state index contributed by atoms with van der Waals surface area (Å²) in [4.78, 5) is 17.0. The molecule has 0 unspecified atom stereocenters. The number of rotatable bonds is 8. The summed E-state index contributed by atoms with van der Waals surface area (Å²) < 4.78 is 5.16. The van der Waals surface area contributed by atoms with Gasteiger partial charge in [-0.1, -0.05) is 11.6 Å². The first-order valence-electron chi connectivity index (χ1n) is 7.79. The minimum atomic E-state index is -0.130. The normalized spacial score (nSPS) is 11.2. The van der Waals surface area contributed by atoms with E-state index in [4.69, 9.17) is 16.0 Å². The zero-order valence-corrected chi connectivity index (χ0v) is 15.5. The third-order valence-corrected chi connectivity index (χ3v) is 4.42. The molecule has 0 fully saturated rings. The summed E-state index contributed by atoms with van der Waals surface area (Å²) in [5, 5.41) is 9.64. The molecular formula is C17H21ClN4O2S. The van der Waals surface area contributed by atoms with Crippen LogP contribution in [0.3, 0.4) is 0 Å². The molecule has 1 aromatic carbocycles. The number of nitrogens with one attached hydrogen (secondary N) is 3. The maximum atomic E-state index is 11.8. The van der Waals surface area contributed by atoms with Crippen molar-refractivity contribution in [3.05, 3.63) is 53.4 Å². The number of halogens is 1. The highest BCUT2D eigenvalue weighted by Gasteiger charge is 2.04. The average molecular weight is 381 g/mol. The lowest BCUT2D eigenvalue weighted by Crippen LogP contribution is -2.43. The lowest BCUT2D eigenvalue weighted by molar-refractivity contribution is -0.120. The maximum absolute atomic E-state index is 11.8. The topological polar surface area (TPSA) is 78.7 Å². The molecule has 0 saturated carbocycles. The first-order chi connectivity index (χ1) is 12.2. The van der Waals surface area contributed by atoms with Crippen LogP contribution in [0.15, 0.2) is 57.0 Å². The van der Waals surface area contributed by atoms with Crippen molar-refractivity contribution >= 4 is 35.2 Å². The molecule has 134 valence electrons. The third-order valence-electron chi connectivity index (χ3n) is 3.16. The number of nitrogens with zero attached hydrogens (tertiary/aromatic N) is 1. The number of amides is 1. The van der Waals surface area contributed by atoms with Crippen LogP contribution in [0.4, 0.5) is 0 Å². The highest BCUT2D eigenvalue weighted by atomic mass is 35.5. The van der Waals surface area contributed by atoms with Crippen molar-refractivity contribution in [1.82, 2.24) is 16.0 Å². The molecule has 3 N–H and O–H groups in total. The Hall–Kier alpha value is -2.12. The van der Waals surface area contributed by atoms with Crippen LogP contribution in [0, 0.1) is 0 Å². The first kappa shape index (κ1) is 19.2. The van der Waals surface area contributed by atoms with Crippen molar-refractivity contribution in [2.75, 3.05) is 25.9 Å². The molecule has 0 bridgehead atoms. The van der Waals surface area contributed by atoms with Crippen LogP contribution >= 0.6 is 23.4 Å². The summed E-state index contributed by atoms with van der Waals surface area (Å²) in [6, 6.07) is 11.3. The molecule has 0 aliphatic rings. The van der Waals surface area contributed by atoms with Crippen molar-refractivity contribution < 1.29 is 9.21 Å². The van der Waals surface area contributed by atoms with E-state index in [0.29, 0.717) is 12.5 Å². The number of benzene rings is 1. The molecule has 0 aliphatic heterocycles. The molecule has 6 nitrogen and oxygen atoms in total. The van der Waals surface area contributed by atoms with Crippen LogP contribution in [0.25, 0.3) is 0 Å². The lowest BCUT2D eigenvalue weighted by Gasteiger charge is -2.11. The number of guanidine groups is 1. The van der Waals surface area contributed by atoms with Gasteiger partial charge in [0, 0.05) is 29.3 Å². The second-order valence-electron chi connectivity index (χ2n) is 5.01. The molecule has 2 aromatic rings. The van der Waals surface area contributed by atoms with Gasteiger partial charge < -0.3 is 20.4 Å². The van der Waals surface area contributed by atoms with E-state index in [1.165, 1.54) is 0 Å². The number of furan rings is 1. The number of thioether (sulfide) groups is 1. The predicted octanol–water partition coefficient (Wildman–Crippen LogP) is 2.51. The molecule has 8 heteroatoms. The molecule has 0 saturated heterocycles. The van der Waals surface area contributed by atoms with E-state index in [2.05, 4.69) is 20.9 Å². The summed E-state index contributed by atoms with van der Waals surface area (Å²) >= 11 is 7.58. The van der Waals surface area contributed by atoms with Crippen molar-refractivity contribution in [2.24, 2.45) is 4.99 Å². The SMILES string of the molecule is CN=C(NCCSc1ccc(Cl)cc1)NCC(=O)NCc1ccco1. The van der Waals surface area contributed by atoms with Gasteiger partial charge in [-0.2, -0.15) is 0 Å². The Kier molecular flexibility index (Phi) is 8.21. The summed E-state index contributed by atoms with van der Waals surface area (Å²) in [6.45, 7) is 1.24. The van der Waals surface area contributed by atoms with Crippen molar-refractivity contribution in [2.45, 2.75) is 11.4 Å². The van der Waals surface area contributed by atoms with Crippen molar-refractivity contribution in [1.29, 1.82) is 0 Å². The van der Waals surface area contributed by atoms with Gasteiger partial charge in [0.15, 0.2) is 5.96 Å². The minimum Gasteiger partial charge on any atom is -0.467 e. The van der Waals surface area contributed by atoms with Gasteiger partial charge in [0.25, 0.3) is 0 Å². The highest BCUT2D eigenvalue weighted by molar-refractivity contribution is 7.99. The summed E-state index contributed by atoms with van der Waals surface area (Å²) in [6.07, 6.45) is 1.58. The first-order valence-corrected chi connectivity index (χ1v) is 9.15. The summed E-state index contributed by atoms with van der Waals surface area (Å²) in [7, 11) is 1.67. The van der Waals surface area contributed by atoms with E-state index in [1.807, 2.05) is 30.3 Å². The maximum Gasteiger partial charge on any atom is 0.239 e.